The lowest BCUT2D eigenvalue weighted by Crippen LogP contribution is -2.36. The lowest BCUT2D eigenvalue weighted by Gasteiger charge is -2.27. The number of carbonyl (C=O) groups excluding carboxylic acids is 2. The number of aliphatic carboxylic acids is 1. The minimum absolute atomic E-state index is 0.198. The monoisotopic (exact) mass is 304 g/mol. The molecule has 118 valence electrons. The van der Waals surface area contributed by atoms with E-state index >= 15 is 0 Å². The maximum absolute atomic E-state index is 12.3. The van der Waals surface area contributed by atoms with Gasteiger partial charge in [-0.05, 0) is 37.1 Å². The normalized spacial score (nSPS) is 21.0. The molecule has 0 heterocycles. The first-order valence-corrected chi connectivity index (χ1v) is 7.38. The number of hydrogen-bond donors (Lipinski definition) is 3. The van der Waals surface area contributed by atoms with Crippen LogP contribution in [0, 0.1) is 11.8 Å². The lowest BCUT2D eigenvalue weighted by molar-refractivity contribution is -0.147. The Labute approximate surface area is 128 Å². The Bertz CT molecular complexity index is 568. The van der Waals surface area contributed by atoms with E-state index in [0.29, 0.717) is 24.1 Å². The molecule has 0 radical (unpaired) electrons. The van der Waals surface area contributed by atoms with E-state index in [4.69, 9.17) is 0 Å². The Kier molecular flexibility index (Phi) is 5.14. The molecular formula is C16H20N2O4. The summed E-state index contributed by atoms with van der Waals surface area (Å²) in [4.78, 5) is 35.0. The summed E-state index contributed by atoms with van der Waals surface area (Å²) in [7, 11) is 1.55. The number of carbonyl (C=O) groups is 3. The third-order valence-corrected chi connectivity index (χ3v) is 4.06. The van der Waals surface area contributed by atoms with Crippen molar-refractivity contribution < 1.29 is 19.5 Å². The molecule has 2 amide bonds. The summed E-state index contributed by atoms with van der Waals surface area (Å²) in [5.41, 5.74) is 1.06. The predicted molar refractivity (Wildman–Crippen MR) is 81.5 cm³/mol. The molecule has 2 rings (SSSR count). The highest BCUT2D eigenvalue weighted by Gasteiger charge is 2.35. The molecule has 1 fully saturated rings. The van der Waals surface area contributed by atoms with Crippen molar-refractivity contribution in [3.63, 3.8) is 0 Å². The fraction of sp³-hybridized carbons (Fsp3) is 0.438. The standard InChI is InChI=1S/C16H20N2O4/c1-17-14(19)10-6-8-11(9-7-10)18-15(20)12-4-2-3-5-13(12)16(21)22/h6-9,12-13H,2-5H2,1H3,(H,17,19)(H,18,20)(H,21,22)/t12-,13+/m0/s1. The second-order valence-corrected chi connectivity index (χ2v) is 5.48. The average molecular weight is 304 g/mol. The largest absolute Gasteiger partial charge is 0.481 e. The van der Waals surface area contributed by atoms with Gasteiger partial charge in [0.15, 0.2) is 0 Å². The van der Waals surface area contributed by atoms with Crippen molar-refractivity contribution >= 4 is 23.5 Å². The van der Waals surface area contributed by atoms with Gasteiger partial charge >= 0.3 is 5.97 Å². The third kappa shape index (κ3) is 3.63. The molecule has 0 saturated heterocycles. The van der Waals surface area contributed by atoms with Gasteiger partial charge in [-0.15, -0.1) is 0 Å². The zero-order valence-electron chi connectivity index (χ0n) is 12.5. The van der Waals surface area contributed by atoms with E-state index in [2.05, 4.69) is 10.6 Å². The molecule has 3 N–H and O–H groups in total. The summed E-state index contributed by atoms with van der Waals surface area (Å²) in [5, 5.41) is 14.5. The van der Waals surface area contributed by atoms with Crippen molar-refractivity contribution in [3.05, 3.63) is 29.8 Å². The van der Waals surface area contributed by atoms with E-state index < -0.39 is 17.8 Å². The van der Waals surface area contributed by atoms with Crippen molar-refractivity contribution in [2.75, 3.05) is 12.4 Å². The smallest absolute Gasteiger partial charge is 0.307 e. The second kappa shape index (κ2) is 7.06. The van der Waals surface area contributed by atoms with Crippen LogP contribution in [0.2, 0.25) is 0 Å². The zero-order chi connectivity index (χ0) is 16.1. The molecule has 0 spiro atoms. The molecule has 6 heteroatoms. The van der Waals surface area contributed by atoms with Gasteiger partial charge in [0, 0.05) is 18.3 Å². The maximum Gasteiger partial charge on any atom is 0.307 e. The van der Waals surface area contributed by atoms with Crippen molar-refractivity contribution in [3.8, 4) is 0 Å². The first-order valence-electron chi connectivity index (χ1n) is 7.38. The molecular weight excluding hydrogens is 284 g/mol. The van der Waals surface area contributed by atoms with Gasteiger partial charge in [-0.25, -0.2) is 0 Å². The predicted octanol–water partition coefficient (Wildman–Crippen LogP) is 1.88. The SMILES string of the molecule is CNC(=O)c1ccc(NC(=O)[C@H]2CCCC[C@H]2C(=O)O)cc1. The molecule has 0 unspecified atom stereocenters. The number of amides is 2. The van der Waals surface area contributed by atoms with Crippen LogP contribution in [0.5, 0.6) is 0 Å². The van der Waals surface area contributed by atoms with Gasteiger partial charge in [-0.2, -0.15) is 0 Å². The van der Waals surface area contributed by atoms with Crippen molar-refractivity contribution in [2.24, 2.45) is 11.8 Å². The van der Waals surface area contributed by atoms with Crippen LogP contribution in [0.15, 0.2) is 24.3 Å². The summed E-state index contributed by atoms with van der Waals surface area (Å²) in [6, 6.07) is 6.51. The summed E-state index contributed by atoms with van der Waals surface area (Å²) in [6.45, 7) is 0. The number of hydrogen-bond acceptors (Lipinski definition) is 3. The number of anilines is 1. The molecule has 1 aliphatic rings. The van der Waals surface area contributed by atoms with Crippen LogP contribution in [-0.2, 0) is 9.59 Å². The van der Waals surface area contributed by atoms with Gasteiger partial charge in [0.25, 0.3) is 5.91 Å². The summed E-state index contributed by atoms with van der Waals surface area (Å²) in [5.74, 6) is -2.48. The molecule has 0 aromatic heterocycles. The van der Waals surface area contributed by atoms with Gasteiger partial charge in [0.2, 0.25) is 5.91 Å². The van der Waals surface area contributed by atoms with Crippen molar-refractivity contribution in [1.82, 2.24) is 5.32 Å². The second-order valence-electron chi connectivity index (χ2n) is 5.48. The number of carboxylic acid groups (broad SMARTS) is 1. The lowest BCUT2D eigenvalue weighted by atomic mass is 9.78. The first kappa shape index (κ1) is 16.0. The van der Waals surface area contributed by atoms with Crippen LogP contribution in [0.3, 0.4) is 0 Å². The fourth-order valence-electron chi connectivity index (χ4n) is 2.82. The summed E-state index contributed by atoms with van der Waals surface area (Å²) >= 11 is 0. The third-order valence-electron chi connectivity index (χ3n) is 4.06. The van der Waals surface area contributed by atoms with Crippen LogP contribution in [0.1, 0.15) is 36.0 Å². The van der Waals surface area contributed by atoms with Crippen molar-refractivity contribution in [2.45, 2.75) is 25.7 Å². The average Bonchev–Trinajstić information content (AvgIpc) is 2.54. The van der Waals surface area contributed by atoms with Crippen LogP contribution < -0.4 is 10.6 Å². The molecule has 1 aromatic carbocycles. The quantitative estimate of drug-likeness (QED) is 0.791. The Balaban J connectivity index is 2.04. The van der Waals surface area contributed by atoms with Gasteiger partial charge in [-0.1, -0.05) is 12.8 Å². The number of benzene rings is 1. The molecule has 1 aliphatic carbocycles. The van der Waals surface area contributed by atoms with E-state index in [1.165, 1.54) is 0 Å². The van der Waals surface area contributed by atoms with E-state index in [9.17, 15) is 19.5 Å². The molecule has 1 saturated carbocycles. The fourth-order valence-corrected chi connectivity index (χ4v) is 2.82. The van der Waals surface area contributed by atoms with E-state index in [1.54, 1.807) is 31.3 Å². The highest BCUT2D eigenvalue weighted by Crippen LogP contribution is 2.31. The van der Waals surface area contributed by atoms with Gasteiger partial charge in [0.1, 0.15) is 0 Å². The van der Waals surface area contributed by atoms with Crippen LogP contribution >= 0.6 is 0 Å². The van der Waals surface area contributed by atoms with Crippen molar-refractivity contribution in [1.29, 1.82) is 0 Å². The van der Waals surface area contributed by atoms with Gasteiger partial charge in [0.05, 0.1) is 11.8 Å². The molecule has 2 atom stereocenters. The van der Waals surface area contributed by atoms with E-state index in [-0.39, 0.29) is 11.8 Å². The van der Waals surface area contributed by atoms with Crippen LogP contribution in [0.25, 0.3) is 0 Å². The zero-order valence-corrected chi connectivity index (χ0v) is 12.5. The number of nitrogens with one attached hydrogen (secondary N) is 2. The maximum atomic E-state index is 12.3. The Morgan fingerprint density at radius 2 is 1.64 bits per heavy atom. The summed E-state index contributed by atoms with van der Waals surface area (Å²) in [6.07, 6.45) is 2.86. The molecule has 0 bridgehead atoms. The van der Waals surface area contributed by atoms with Gasteiger partial charge < -0.3 is 15.7 Å². The number of rotatable bonds is 4. The number of carboxylic acids is 1. The van der Waals surface area contributed by atoms with E-state index in [1.807, 2.05) is 0 Å². The minimum Gasteiger partial charge on any atom is -0.481 e. The molecule has 0 aliphatic heterocycles. The first-order chi connectivity index (χ1) is 10.5. The molecule has 1 aromatic rings. The minimum atomic E-state index is -0.908. The Hall–Kier alpha value is -2.37. The highest BCUT2D eigenvalue weighted by atomic mass is 16.4. The van der Waals surface area contributed by atoms with E-state index in [0.717, 1.165) is 12.8 Å². The Morgan fingerprint density at radius 3 is 2.18 bits per heavy atom. The Morgan fingerprint density at radius 1 is 1.05 bits per heavy atom. The molecule has 6 nitrogen and oxygen atoms in total. The van der Waals surface area contributed by atoms with Crippen LogP contribution in [0.4, 0.5) is 5.69 Å². The van der Waals surface area contributed by atoms with Gasteiger partial charge in [-0.3, -0.25) is 14.4 Å². The molecule has 22 heavy (non-hydrogen) atoms. The summed E-state index contributed by atoms with van der Waals surface area (Å²) < 4.78 is 0. The highest BCUT2D eigenvalue weighted by molar-refractivity contribution is 5.97. The van der Waals surface area contributed by atoms with Crippen LogP contribution in [-0.4, -0.2) is 29.9 Å². The topological polar surface area (TPSA) is 95.5 Å².